The second kappa shape index (κ2) is 7.75. The van der Waals surface area contributed by atoms with Crippen molar-refractivity contribution in [2.75, 3.05) is 32.7 Å². The molecule has 1 saturated heterocycles. The molecular weight excluding hydrogens is 280 g/mol. The van der Waals surface area contributed by atoms with Crippen LogP contribution in [0.15, 0.2) is 36.9 Å². The number of benzene rings is 1. The van der Waals surface area contributed by atoms with Gasteiger partial charge in [0.1, 0.15) is 5.75 Å². The van der Waals surface area contributed by atoms with Crippen molar-refractivity contribution in [3.05, 3.63) is 42.5 Å². The predicted octanol–water partition coefficient (Wildman–Crippen LogP) is 1.95. The van der Waals surface area contributed by atoms with Crippen LogP contribution in [-0.2, 0) is 4.79 Å². The van der Waals surface area contributed by atoms with Crippen molar-refractivity contribution < 1.29 is 14.3 Å². The van der Waals surface area contributed by atoms with Crippen LogP contribution in [0.25, 0.3) is 0 Å². The maximum atomic E-state index is 12.7. The summed E-state index contributed by atoms with van der Waals surface area (Å²) in [5.74, 6) is -0.183. The van der Waals surface area contributed by atoms with E-state index < -0.39 is 5.97 Å². The Morgan fingerprint density at radius 3 is 2.73 bits per heavy atom. The molecule has 0 N–H and O–H groups in total. The molecule has 1 heterocycles. The van der Waals surface area contributed by atoms with Gasteiger partial charge in [-0.25, -0.2) is 0 Å². The average molecular weight is 302 g/mol. The van der Waals surface area contributed by atoms with E-state index >= 15 is 0 Å². The van der Waals surface area contributed by atoms with Crippen molar-refractivity contribution in [3.63, 3.8) is 0 Å². The number of hydrogen-bond donors (Lipinski definition) is 0. The van der Waals surface area contributed by atoms with Crippen molar-refractivity contribution in [2.24, 2.45) is 0 Å². The third kappa shape index (κ3) is 4.18. The van der Waals surface area contributed by atoms with E-state index in [1.165, 1.54) is 6.92 Å². The Hall–Kier alpha value is -2.14. The van der Waals surface area contributed by atoms with Gasteiger partial charge in [-0.15, -0.1) is 6.58 Å². The zero-order chi connectivity index (χ0) is 15.9. The van der Waals surface area contributed by atoms with Gasteiger partial charge >= 0.3 is 5.97 Å². The van der Waals surface area contributed by atoms with Crippen LogP contribution in [0.1, 0.15) is 23.7 Å². The summed E-state index contributed by atoms with van der Waals surface area (Å²) in [6.07, 6.45) is 2.81. The van der Waals surface area contributed by atoms with Gasteiger partial charge in [0.15, 0.2) is 0 Å². The fourth-order valence-corrected chi connectivity index (χ4v) is 2.60. The number of esters is 1. The van der Waals surface area contributed by atoms with E-state index in [1.54, 1.807) is 24.3 Å². The summed E-state index contributed by atoms with van der Waals surface area (Å²) in [6.45, 7) is 9.09. The Morgan fingerprint density at radius 2 is 2.00 bits per heavy atom. The van der Waals surface area contributed by atoms with Gasteiger partial charge in [-0.05, 0) is 18.6 Å². The highest BCUT2D eigenvalue weighted by molar-refractivity contribution is 5.97. The first kappa shape index (κ1) is 16.2. The summed E-state index contributed by atoms with van der Waals surface area (Å²) in [7, 11) is 0. The Balaban J connectivity index is 2.11. The lowest BCUT2D eigenvalue weighted by atomic mass is 10.1. The molecule has 1 aliphatic heterocycles. The SMILES string of the molecule is C=CCN1CCCN(C(=O)c2ccccc2OC(C)=O)CC1. The van der Waals surface area contributed by atoms with Crippen molar-refractivity contribution in [3.8, 4) is 5.75 Å². The molecule has 1 aromatic carbocycles. The van der Waals surface area contributed by atoms with E-state index in [2.05, 4.69) is 11.5 Å². The fourth-order valence-electron chi connectivity index (χ4n) is 2.60. The van der Waals surface area contributed by atoms with E-state index in [9.17, 15) is 9.59 Å². The van der Waals surface area contributed by atoms with Crippen LogP contribution >= 0.6 is 0 Å². The standard InChI is InChI=1S/C17H22N2O3/c1-3-9-18-10-6-11-19(13-12-18)17(21)15-7-4-5-8-16(15)22-14(2)20/h3-5,7-8H,1,6,9-13H2,2H3. The van der Waals surface area contributed by atoms with Crippen LogP contribution in [-0.4, -0.2) is 54.4 Å². The van der Waals surface area contributed by atoms with Gasteiger partial charge in [0.25, 0.3) is 5.91 Å². The number of rotatable bonds is 4. The lowest BCUT2D eigenvalue weighted by molar-refractivity contribution is -0.131. The summed E-state index contributed by atoms with van der Waals surface area (Å²) in [5, 5.41) is 0. The highest BCUT2D eigenvalue weighted by atomic mass is 16.5. The highest BCUT2D eigenvalue weighted by Gasteiger charge is 2.22. The molecule has 0 saturated carbocycles. The van der Waals surface area contributed by atoms with E-state index in [1.807, 2.05) is 11.0 Å². The first-order valence-electron chi connectivity index (χ1n) is 7.52. The summed E-state index contributed by atoms with van der Waals surface area (Å²) in [4.78, 5) is 28.0. The molecule has 0 atom stereocenters. The summed E-state index contributed by atoms with van der Waals surface area (Å²) < 4.78 is 5.14. The third-order valence-electron chi connectivity index (χ3n) is 3.63. The van der Waals surface area contributed by atoms with Crippen LogP contribution in [0, 0.1) is 0 Å². The second-order valence-corrected chi connectivity index (χ2v) is 5.32. The zero-order valence-corrected chi connectivity index (χ0v) is 13.0. The van der Waals surface area contributed by atoms with Gasteiger partial charge in [0.05, 0.1) is 5.56 Å². The Bertz CT molecular complexity index is 557. The van der Waals surface area contributed by atoms with Gasteiger partial charge in [0.2, 0.25) is 0 Å². The molecule has 0 bridgehead atoms. The molecule has 1 aliphatic rings. The van der Waals surface area contributed by atoms with Crippen LogP contribution in [0.3, 0.4) is 0 Å². The molecule has 0 aromatic heterocycles. The van der Waals surface area contributed by atoms with Crippen LogP contribution < -0.4 is 4.74 Å². The highest BCUT2D eigenvalue weighted by Crippen LogP contribution is 2.21. The van der Waals surface area contributed by atoms with Gasteiger partial charge in [0, 0.05) is 39.6 Å². The van der Waals surface area contributed by atoms with Crippen molar-refractivity contribution >= 4 is 11.9 Å². The van der Waals surface area contributed by atoms with Crippen LogP contribution in [0.5, 0.6) is 5.75 Å². The molecule has 0 radical (unpaired) electrons. The molecule has 5 nitrogen and oxygen atoms in total. The molecule has 2 rings (SSSR count). The van der Waals surface area contributed by atoms with E-state index in [-0.39, 0.29) is 5.91 Å². The molecule has 0 spiro atoms. The minimum atomic E-state index is -0.423. The summed E-state index contributed by atoms with van der Waals surface area (Å²) >= 11 is 0. The minimum Gasteiger partial charge on any atom is -0.426 e. The molecule has 1 fully saturated rings. The first-order valence-corrected chi connectivity index (χ1v) is 7.52. The number of hydrogen-bond acceptors (Lipinski definition) is 4. The molecule has 1 amide bonds. The molecule has 5 heteroatoms. The molecule has 1 aromatic rings. The van der Waals surface area contributed by atoms with Crippen molar-refractivity contribution in [2.45, 2.75) is 13.3 Å². The monoisotopic (exact) mass is 302 g/mol. The van der Waals surface area contributed by atoms with Gasteiger partial charge in [-0.3, -0.25) is 14.5 Å². The molecular formula is C17H22N2O3. The average Bonchev–Trinajstić information content (AvgIpc) is 2.73. The predicted molar refractivity (Wildman–Crippen MR) is 84.9 cm³/mol. The number of nitrogens with zero attached hydrogens (tertiary/aromatic N) is 2. The van der Waals surface area contributed by atoms with Crippen LogP contribution in [0.2, 0.25) is 0 Å². The van der Waals surface area contributed by atoms with E-state index in [4.69, 9.17) is 4.74 Å². The number of ether oxygens (including phenoxy) is 1. The second-order valence-electron chi connectivity index (χ2n) is 5.32. The molecule has 22 heavy (non-hydrogen) atoms. The molecule has 0 unspecified atom stereocenters. The van der Waals surface area contributed by atoms with Gasteiger partial charge in [-0.1, -0.05) is 18.2 Å². The Kier molecular flexibility index (Phi) is 5.72. The maximum absolute atomic E-state index is 12.7. The lowest BCUT2D eigenvalue weighted by Gasteiger charge is -2.22. The smallest absolute Gasteiger partial charge is 0.308 e. The maximum Gasteiger partial charge on any atom is 0.308 e. The number of carbonyl (C=O) groups excluding carboxylic acids is 2. The van der Waals surface area contributed by atoms with Crippen LogP contribution in [0.4, 0.5) is 0 Å². The summed E-state index contributed by atoms with van der Waals surface area (Å²) in [5.41, 5.74) is 0.440. The molecule has 118 valence electrons. The topological polar surface area (TPSA) is 49.9 Å². The first-order chi connectivity index (χ1) is 10.6. The lowest BCUT2D eigenvalue weighted by Crippen LogP contribution is -2.35. The Labute approximate surface area is 131 Å². The van der Waals surface area contributed by atoms with Gasteiger partial charge < -0.3 is 9.64 Å². The largest absolute Gasteiger partial charge is 0.426 e. The van der Waals surface area contributed by atoms with E-state index in [0.717, 1.165) is 26.1 Å². The molecule has 0 aliphatic carbocycles. The quantitative estimate of drug-likeness (QED) is 0.484. The summed E-state index contributed by atoms with van der Waals surface area (Å²) in [6, 6.07) is 6.88. The van der Waals surface area contributed by atoms with Crippen molar-refractivity contribution in [1.29, 1.82) is 0 Å². The third-order valence-corrected chi connectivity index (χ3v) is 3.63. The Morgan fingerprint density at radius 1 is 1.23 bits per heavy atom. The van der Waals surface area contributed by atoms with Crippen molar-refractivity contribution in [1.82, 2.24) is 9.80 Å². The normalized spacial score (nSPS) is 16.0. The van der Waals surface area contributed by atoms with E-state index in [0.29, 0.717) is 24.4 Å². The number of amides is 1. The minimum absolute atomic E-state index is 0.0858. The zero-order valence-electron chi connectivity index (χ0n) is 13.0. The van der Waals surface area contributed by atoms with Gasteiger partial charge in [-0.2, -0.15) is 0 Å². The number of para-hydroxylation sites is 1. The number of carbonyl (C=O) groups is 2. The fraction of sp³-hybridized carbons (Fsp3) is 0.412.